The summed E-state index contributed by atoms with van der Waals surface area (Å²) >= 11 is 0. The molecule has 0 atom stereocenters. The van der Waals surface area contributed by atoms with Gasteiger partial charge < -0.3 is 14.9 Å². The zero-order valence-corrected chi connectivity index (χ0v) is 16.4. The second-order valence-electron chi connectivity index (χ2n) is 5.73. The Morgan fingerprint density at radius 1 is 1.27 bits per heavy atom. The van der Waals surface area contributed by atoms with Crippen LogP contribution in [0.5, 0.6) is 5.88 Å². The molecule has 1 heterocycles. The summed E-state index contributed by atoms with van der Waals surface area (Å²) in [6.07, 6.45) is -3.22. The molecule has 12 heteroatoms. The van der Waals surface area contributed by atoms with Gasteiger partial charge in [-0.15, -0.1) is 0 Å². The van der Waals surface area contributed by atoms with Crippen molar-refractivity contribution in [2.45, 2.75) is 19.7 Å². The molecule has 30 heavy (non-hydrogen) atoms. The van der Waals surface area contributed by atoms with Crippen molar-refractivity contribution in [2.24, 2.45) is 5.16 Å². The highest BCUT2D eigenvalue weighted by atomic mass is 19.4. The maximum absolute atomic E-state index is 12.3. The average Bonchev–Trinajstić information content (AvgIpc) is 2.73. The smallest absolute Gasteiger partial charge is 0.422 e. The minimum absolute atomic E-state index is 0.0192. The molecule has 162 valence electrons. The number of halogens is 3. The third-order valence-electron chi connectivity index (χ3n) is 3.55. The Morgan fingerprint density at radius 3 is 2.67 bits per heavy atom. The number of oxime groups is 1. The number of urea groups is 1. The van der Waals surface area contributed by atoms with E-state index >= 15 is 0 Å². The summed E-state index contributed by atoms with van der Waals surface area (Å²) in [5.74, 6) is -0.189. The Labute approximate surface area is 170 Å². The highest BCUT2D eigenvalue weighted by Gasteiger charge is 2.28. The molecule has 2 amide bonds. The van der Waals surface area contributed by atoms with Crippen LogP contribution in [0.15, 0.2) is 41.7 Å². The Bertz CT molecular complexity index is 892. The number of rotatable bonds is 8. The van der Waals surface area contributed by atoms with Crippen molar-refractivity contribution >= 4 is 17.4 Å². The summed E-state index contributed by atoms with van der Waals surface area (Å²) in [4.78, 5) is 30.2. The van der Waals surface area contributed by atoms with Gasteiger partial charge in [0.25, 0.3) is 0 Å². The highest BCUT2D eigenvalue weighted by molar-refractivity contribution is 5.94. The molecular weight excluding hydrogens is 407 g/mol. The number of ether oxygens (including phenoxy) is 1. The van der Waals surface area contributed by atoms with Crippen molar-refractivity contribution < 1.29 is 32.4 Å². The molecule has 0 spiro atoms. The van der Waals surface area contributed by atoms with Crippen LogP contribution in [0.2, 0.25) is 0 Å². The van der Waals surface area contributed by atoms with Crippen LogP contribution in [0.4, 0.5) is 23.7 Å². The standard InChI is InChI=1S/C18H20F3N5O4/c1-12(16-23-9-8-15(24-16)29-11-18(19,20)21)25-30-10-13-6-4-5-7-14(13)26(28-3)17(27)22-2/h4-9H,10-11H2,1-3H3,(H,22,27). The van der Waals surface area contributed by atoms with Gasteiger partial charge in [-0.1, -0.05) is 23.4 Å². The molecule has 0 aliphatic rings. The molecule has 0 unspecified atom stereocenters. The second-order valence-corrected chi connectivity index (χ2v) is 5.73. The predicted octanol–water partition coefficient (Wildman–Crippen LogP) is 3.07. The number of hydrogen-bond acceptors (Lipinski definition) is 7. The number of nitrogens with one attached hydrogen (secondary N) is 1. The number of alkyl halides is 3. The molecule has 0 fully saturated rings. The highest BCUT2D eigenvalue weighted by Crippen LogP contribution is 2.22. The van der Waals surface area contributed by atoms with E-state index in [0.29, 0.717) is 11.3 Å². The largest absolute Gasteiger partial charge is 0.468 e. The normalized spacial score (nSPS) is 11.7. The SMILES string of the molecule is CNC(=O)N(OC)c1ccccc1CON=C(C)c1nccc(OCC(F)(F)F)n1. The van der Waals surface area contributed by atoms with Gasteiger partial charge in [-0.25, -0.2) is 9.78 Å². The number of aromatic nitrogens is 2. The molecule has 0 saturated heterocycles. The summed E-state index contributed by atoms with van der Waals surface area (Å²) < 4.78 is 41.4. The first-order valence-corrected chi connectivity index (χ1v) is 8.58. The van der Waals surface area contributed by atoms with Crippen molar-refractivity contribution in [3.8, 4) is 5.88 Å². The predicted molar refractivity (Wildman–Crippen MR) is 101 cm³/mol. The van der Waals surface area contributed by atoms with Gasteiger partial charge in [0.1, 0.15) is 12.3 Å². The van der Waals surface area contributed by atoms with Gasteiger partial charge in [0.05, 0.1) is 12.8 Å². The van der Waals surface area contributed by atoms with Crippen LogP contribution in [0.1, 0.15) is 18.3 Å². The number of hydroxylamine groups is 1. The maximum Gasteiger partial charge on any atom is 0.422 e. The van der Waals surface area contributed by atoms with Crippen LogP contribution in [0.25, 0.3) is 0 Å². The van der Waals surface area contributed by atoms with Crippen molar-refractivity contribution in [3.05, 3.63) is 47.9 Å². The van der Waals surface area contributed by atoms with E-state index in [1.54, 1.807) is 24.3 Å². The Balaban J connectivity index is 2.08. The fourth-order valence-electron chi connectivity index (χ4n) is 2.22. The van der Waals surface area contributed by atoms with Crippen LogP contribution in [-0.2, 0) is 16.3 Å². The average molecular weight is 427 g/mol. The molecule has 0 aliphatic heterocycles. The monoisotopic (exact) mass is 427 g/mol. The minimum atomic E-state index is -4.48. The summed E-state index contributed by atoms with van der Waals surface area (Å²) in [5.41, 5.74) is 1.27. The number of anilines is 1. The zero-order valence-electron chi connectivity index (χ0n) is 16.4. The topological polar surface area (TPSA) is 98.2 Å². The first kappa shape index (κ1) is 22.9. The van der Waals surface area contributed by atoms with Crippen LogP contribution >= 0.6 is 0 Å². The third-order valence-corrected chi connectivity index (χ3v) is 3.55. The molecule has 2 rings (SSSR count). The molecule has 9 nitrogen and oxygen atoms in total. The van der Waals surface area contributed by atoms with Gasteiger partial charge in [-0.2, -0.15) is 23.2 Å². The number of benzene rings is 1. The lowest BCUT2D eigenvalue weighted by molar-refractivity contribution is -0.154. The molecule has 0 radical (unpaired) electrons. The molecule has 0 bridgehead atoms. The summed E-state index contributed by atoms with van der Waals surface area (Å²) in [6.45, 7) is 0.0453. The lowest BCUT2D eigenvalue weighted by Gasteiger charge is -2.21. The van der Waals surface area contributed by atoms with Crippen molar-refractivity contribution in [3.63, 3.8) is 0 Å². The first-order valence-electron chi connectivity index (χ1n) is 8.58. The molecule has 1 aromatic heterocycles. The Kier molecular flexibility index (Phi) is 7.92. The van der Waals surface area contributed by atoms with Crippen molar-refractivity contribution in [1.29, 1.82) is 0 Å². The molecule has 0 aliphatic carbocycles. The summed E-state index contributed by atoms with van der Waals surface area (Å²) in [7, 11) is 2.81. The number of nitrogens with zero attached hydrogens (tertiary/aromatic N) is 4. The Hall–Kier alpha value is -3.41. The van der Waals surface area contributed by atoms with E-state index in [-0.39, 0.29) is 24.0 Å². The van der Waals surface area contributed by atoms with E-state index in [0.717, 1.165) is 5.06 Å². The summed E-state index contributed by atoms with van der Waals surface area (Å²) in [5, 5.41) is 7.40. The van der Waals surface area contributed by atoms with E-state index in [1.165, 1.54) is 33.3 Å². The summed E-state index contributed by atoms with van der Waals surface area (Å²) in [6, 6.07) is 7.59. The fraction of sp³-hybridized carbons (Fsp3) is 0.333. The van der Waals surface area contributed by atoms with Gasteiger partial charge >= 0.3 is 12.2 Å². The van der Waals surface area contributed by atoms with Crippen LogP contribution in [-0.4, -0.2) is 48.7 Å². The van der Waals surface area contributed by atoms with E-state index in [4.69, 9.17) is 9.68 Å². The van der Waals surface area contributed by atoms with Crippen LogP contribution in [0.3, 0.4) is 0 Å². The van der Waals surface area contributed by atoms with E-state index in [2.05, 4.69) is 25.2 Å². The second kappa shape index (κ2) is 10.4. The molecule has 1 aromatic carbocycles. The number of amides is 2. The molecule has 0 saturated carbocycles. The van der Waals surface area contributed by atoms with Gasteiger partial charge in [-0.05, 0) is 13.0 Å². The lowest BCUT2D eigenvalue weighted by Crippen LogP contribution is -2.37. The first-order chi connectivity index (χ1) is 14.2. The minimum Gasteiger partial charge on any atom is -0.468 e. The molecule has 1 N–H and O–H groups in total. The van der Waals surface area contributed by atoms with Crippen molar-refractivity contribution in [2.75, 3.05) is 25.8 Å². The van der Waals surface area contributed by atoms with Gasteiger partial charge in [0, 0.05) is 24.9 Å². The van der Waals surface area contributed by atoms with Gasteiger partial charge in [-0.3, -0.25) is 4.84 Å². The van der Waals surface area contributed by atoms with E-state index < -0.39 is 18.8 Å². The van der Waals surface area contributed by atoms with Gasteiger partial charge in [0.2, 0.25) is 5.88 Å². The number of para-hydroxylation sites is 1. The zero-order chi connectivity index (χ0) is 22.1. The fourth-order valence-corrected chi connectivity index (χ4v) is 2.22. The molecular formula is C18H20F3N5O4. The lowest BCUT2D eigenvalue weighted by atomic mass is 10.2. The molecule has 2 aromatic rings. The number of hydrogen-bond donors (Lipinski definition) is 1. The number of carbonyl (C=O) groups excluding carboxylic acids is 1. The van der Waals surface area contributed by atoms with E-state index in [9.17, 15) is 18.0 Å². The van der Waals surface area contributed by atoms with Crippen LogP contribution in [0, 0.1) is 0 Å². The van der Waals surface area contributed by atoms with E-state index in [1.807, 2.05) is 0 Å². The Morgan fingerprint density at radius 2 is 2.00 bits per heavy atom. The van der Waals surface area contributed by atoms with Gasteiger partial charge in [0.15, 0.2) is 12.4 Å². The van der Waals surface area contributed by atoms with Crippen LogP contribution < -0.4 is 15.1 Å². The maximum atomic E-state index is 12.3. The third kappa shape index (κ3) is 6.58. The quantitative estimate of drug-likeness (QED) is 0.514. The number of carbonyl (C=O) groups is 1. The van der Waals surface area contributed by atoms with Crippen molar-refractivity contribution in [1.82, 2.24) is 15.3 Å².